The van der Waals surface area contributed by atoms with Gasteiger partial charge in [0.2, 0.25) is 10.0 Å². The normalized spacial score (nSPS) is 12.6. The number of sulfonamides is 1. The van der Waals surface area contributed by atoms with Crippen molar-refractivity contribution in [1.29, 1.82) is 0 Å². The molecule has 202 valence electrons. The average Bonchev–Trinajstić information content (AvgIpc) is 3.53. The lowest BCUT2D eigenvalue weighted by Gasteiger charge is -2.20. The van der Waals surface area contributed by atoms with Gasteiger partial charge in [0.15, 0.2) is 5.82 Å². The Kier molecular flexibility index (Phi) is 6.07. The van der Waals surface area contributed by atoms with E-state index in [9.17, 15) is 13.2 Å². The molecule has 0 aliphatic heterocycles. The van der Waals surface area contributed by atoms with Crippen molar-refractivity contribution in [1.82, 2.24) is 34.1 Å². The molecule has 1 aromatic carbocycles. The van der Waals surface area contributed by atoms with Crippen LogP contribution in [0.15, 0.2) is 78.4 Å². The number of pyridine rings is 1. The summed E-state index contributed by atoms with van der Waals surface area (Å²) < 4.78 is 29.2. The zero-order chi connectivity index (χ0) is 28.0. The smallest absolute Gasteiger partial charge is 0.282 e. The standard InChI is InChI=1S/C27H25N9O3S/c1-16-9-10-35-23(16)27(37)36(20-7-5-4-6-8-20)26(33-35)17(2)32-25-22-21(14-29-24(22)30-15-31-25)18-11-19(13-28-12-18)34-40(3,38)39/h4-15,17,34H,1-3H3,(H2,29,30,31,32). The topological polar surface area (TPSA) is 152 Å². The SMILES string of the molecule is Cc1ccn2nc(C(C)Nc3ncnc4[nH]cc(-c5cncc(NS(C)(=O)=O)c5)c34)n(-c3ccccc3)c(=O)c12. The Labute approximate surface area is 228 Å². The molecule has 40 heavy (non-hydrogen) atoms. The van der Waals surface area contributed by atoms with Gasteiger partial charge in [-0.15, -0.1) is 0 Å². The first-order valence-corrected chi connectivity index (χ1v) is 14.3. The number of H-pyrrole nitrogens is 1. The molecule has 0 fully saturated rings. The van der Waals surface area contributed by atoms with Gasteiger partial charge in [0.05, 0.1) is 35.3 Å². The summed E-state index contributed by atoms with van der Waals surface area (Å²) in [4.78, 5) is 29.9. The van der Waals surface area contributed by atoms with Crippen LogP contribution < -0.4 is 15.6 Å². The average molecular weight is 556 g/mol. The van der Waals surface area contributed by atoms with E-state index in [1.165, 1.54) is 12.5 Å². The molecule has 6 aromatic rings. The number of nitrogens with zero attached hydrogens (tertiary/aromatic N) is 6. The molecule has 0 aliphatic carbocycles. The molecule has 0 radical (unpaired) electrons. The highest BCUT2D eigenvalue weighted by molar-refractivity contribution is 7.92. The minimum atomic E-state index is -3.48. The van der Waals surface area contributed by atoms with Crippen LogP contribution in [0.1, 0.15) is 24.4 Å². The molecule has 13 heteroatoms. The van der Waals surface area contributed by atoms with Crippen LogP contribution in [0, 0.1) is 6.92 Å². The van der Waals surface area contributed by atoms with Gasteiger partial charge in [0, 0.05) is 29.7 Å². The zero-order valence-electron chi connectivity index (χ0n) is 21.8. The monoisotopic (exact) mass is 555 g/mol. The van der Waals surface area contributed by atoms with Crippen molar-refractivity contribution in [3.05, 3.63) is 95.3 Å². The fourth-order valence-corrected chi connectivity index (χ4v) is 5.30. The Bertz CT molecular complexity index is 2050. The van der Waals surface area contributed by atoms with E-state index in [4.69, 9.17) is 5.10 Å². The second-order valence-corrected chi connectivity index (χ2v) is 11.2. The maximum Gasteiger partial charge on any atom is 0.282 e. The Hall–Kier alpha value is -5.04. The fraction of sp³-hybridized carbons (Fsp3) is 0.148. The van der Waals surface area contributed by atoms with Crippen molar-refractivity contribution < 1.29 is 8.42 Å². The van der Waals surface area contributed by atoms with Gasteiger partial charge in [-0.2, -0.15) is 5.10 Å². The summed E-state index contributed by atoms with van der Waals surface area (Å²) in [6.45, 7) is 3.79. The van der Waals surface area contributed by atoms with E-state index in [0.717, 1.165) is 17.4 Å². The highest BCUT2D eigenvalue weighted by Crippen LogP contribution is 2.34. The van der Waals surface area contributed by atoms with Gasteiger partial charge >= 0.3 is 0 Å². The molecular weight excluding hydrogens is 530 g/mol. The largest absolute Gasteiger partial charge is 0.360 e. The maximum absolute atomic E-state index is 13.7. The van der Waals surface area contributed by atoms with E-state index in [0.29, 0.717) is 45.1 Å². The van der Waals surface area contributed by atoms with Crippen molar-refractivity contribution in [3.8, 4) is 16.8 Å². The molecule has 0 bridgehead atoms. The number of para-hydroxylation sites is 1. The molecule has 0 spiro atoms. The van der Waals surface area contributed by atoms with Crippen LogP contribution in [-0.2, 0) is 10.0 Å². The van der Waals surface area contributed by atoms with Crippen LogP contribution in [0.4, 0.5) is 11.5 Å². The molecule has 0 amide bonds. The molecule has 12 nitrogen and oxygen atoms in total. The van der Waals surface area contributed by atoms with Crippen LogP contribution in [-0.4, -0.2) is 48.8 Å². The predicted molar refractivity (Wildman–Crippen MR) is 153 cm³/mol. The van der Waals surface area contributed by atoms with E-state index in [1.54, 1.807) is 33.7 Å². The summed E-state index contributed by atoms with van der Waals surface area (Å²) in [5, 5.41) is 8.91. The van der Waals surface area contributed by atoms with Gasteiger partial charge in [0.1, 0.15) is 23.3 Å². The van der Waals surface area contributed by atoms with Crippen LogP contribution >= 0.6 is 0 Å². The molecule has 3 N–H and O–H groups in total. The fourth-order valence-electron chi connectivity index (χ4n) is 4.77. The summed E-state index contributed by atoms with van der Waals surface area (Å²) in [7, 11) is -3.48. The van der Waals surface area contributed by atoms with E-state index < -0.39 is 16.1 Å². The summed E-state index contributed by atoms with van der Waals surface area (Å²) >= 11 is 0. The van der Waals surface area contributed by atoms with Crippen LogP contribution in [0.3, 0.4) is 0 Å². The molecule has 1 unspecified atom stereocenters. The predicted octanol–water partition coefficient (Wildman–Crippen LogP) is 3.67. The van der Waals surface area contributed by atoms with Gasteiger partial charge in [0.25, 0.3) is 5.56 Å². The van der Waals surface area contributed by atoms with E-state index in [2.05, 4.69) is 30.0 Å². The second-order valence-electron chi connectivity index (χ2n) is 9.48. The number of anilines is 2. The van der Waals surface area contributed by atoms with Crippen molar-refractivity contribution >= 4 is 38.1 Å². The van der Waals surface area contributed by atoms with E-state index >= 15 is 0 Å². The van der Waals surface area contributed by atoms with E-state index in [-0.39, 0.29) is 5.56 Å². The quantitative estimate of drug-likeness (QED) is 0.270. The van der Waals surface area contributed by atoms with Gasteiger partial charge < -0.3 is 10.3 Å². The first-order chi connectivity index (χ1) is 19.2. The van der Waals surface area contributed by atoms with Gasteiger partial charge in [-0.1, -0.05) is 18.2 Å². The summed E-state index contributed by atoms with van der Waals surface area (Å²) in [6.07, 6.45) is 9.13. The molecule has 0 saturated carbocycles. The maximum atomic E-state index is 13.7. The third-order valence-electron chi connectivity index (χ3n) is 6.49. The number of aromatic nitrogens is 7. The lowest BCUT2D eigenvalue weighted by molar-refractivity contribution is 0.607. The molecule has 5 heterocycles. The molecule has 1 atom stereocenters. The van der Waals surface area contributed by atoms with Crippen LogP contribution in [0.5, 0.6) is 0 Å². The van der Waals surface area contributed by atoms with Gasteiger partial charge in [-0.25, -0.2) is 22.9 Å². The van der Waals surface area contributed by atoms with Crippen molar-refractivity contribution in [2.24, 2.45) is 0 Å². The lowest BCUT2D eigenvalue weighted by Crippen LogP contribution is -2.29. The Balaban J connectivity index is 1.46. The number of aromatic amines is 1. The third kappa shape index (κ3) is 4.56. The van der Waals surface area contributed by atoms with Crippen LogP contribution in [0.25, 0.3) is 33.4 Å². The second kappa shape index (κ2) is 9.61. The van der Waals surface area contributed by atoms with Crippen molar-refractivity contribution in [2.75, 3.05) is 16.3 Å². The number of hydrogen-bond acceptors (Lipinski definition) is 8. The molecule has 6 rings (SSSR count). The lowest BCUT2D eigenvalue weighted by atomic mass is 10.1. The summed E-state index contributed by atoms with van der Waals surface area (Å²) in [6, 6.07) is 12.5. The van der Waals surface area contributed by atoms with Crippen molar-refractivity contribution in [3.63, 3.8) is 0 Å². The van der Waals surface area contributed by atoms with Gasteiger partial charge in [-0.3, -0.25) is 19.1 Å². The molecular formula is C27H25N9O3S. The first kappa shape index (κ1) is 25.2. The number of rotatable bonds is 7. The van der Waals surface area contributed by atoms with Gasteiger partial charge in [-0.05, 0) is 43.7 Å². The number of benzene rings is 1. The first-order valence-electron chi connectivity index (χ1n) is 12.4. The summed E-state index contributed by atoms with van der Waals surface area (Å²) in [5.41, 5.74) is 4.16. The number of nitrogens with one attached hydrogen (secondary N) is 3. The highest BCUT2D eigenvalue weighted by atomic mass is 32.2. The molecule has 5 aromatic heterocycles. The third-order valence-corrected chi connectivity index (χ3v) is 7.10. The zero-order valence-corrected chi connectivity index (χ0v) is 22.6. The molecule has 0 aliphatic rings. The highest BCUT2D eigenvalue weighted by Gasteiger charge is 2.22. The summed E-state index contributed by atoms with van der Waals surface area (Å²) in [5.74, 6) is 0.997. The van der Waals surface area contributed by atoms with Crippen LogP contribution in [0.2, 0.25) is 0 Å². The van der Waals surface area contributed by atoms with Crippen molar-refractivity contribution in [2.45, 2.75) is 19.9 Å². The number of aryl methyl sites for hydroxylation is 1. The van der Waals surface area contributed by atoms with E-state index in [1.807, 2.05) is 50.2 Å². The minimum Gasteiger partial charge on any atom is -0.360 e. The Morgan fingerprint density at radius 3 is 2.65 bits per heavy atom. The molecule has 0 saturated heterocycles. The minimum absolute atomic E-state index is 0.177. The Morgan fingerprint density at radius 2 is 1.88 bits per heavy atom. The number of hydrogen-bond donors (Lipinski definition) is 3. The Morgan fingerprint density at radius 1 is 1.07 bits per heavy atom. The number of fused-ring (bicyclic) bond motifs is 2.